The highest BCUT2D eigenvalue weighted by Gasteiger charge is 2.21. The summed E-state index contributed by atoms with van der Waals surface area (Å²) in [5, 5.41) is 22.5. The standard InChI is InChI=1S/C34H30N4O2.C33H33N9O2/c39-32(21-23-4-1-6-29(20-23)33-36-18-19-37-33)26-13-9-24(10-14-26)25-11-15-27(16-12-25)34(40)38-30-7-2-5-28(22-30)31-8-3-17-35-31;43-28(15-20-13-23(29-34-5-6-35-29)16-24(14-20)30-36-7-8-37-30)21-1-3-22(4-2-21)33(44)42-27-18-25(31-38-9-10-39-31)17-26(19-27)32-40-11-12-41-32/h1-2,4-7,9-16,20,22H,3,8,17-19,21H2,(H,36,37)(H,38,40);1-4,13-14,16-19H,5-12,15H2,(H,34,35)(H,36,37)(H,38,39)(H,40,41)(H,42,44). The Hall–Kier alpha value is -10.2. The third kappa shape index (κ3) is 13.1. The smallest absolute Gasteiger partial charge is 0.255 e. The summed E-state index contributed by atoms with van der Waals surface area (Å²) >= 11 is 0. The Morgan fingerprint density at radius 1 is 0.345 bits per heavy atom. The lowest BCUT2D eigenvalue weighted by molar-refractivity contribution is 0.0984. The molecule has 84 heavy (non-hydrogen) atoms. The normalized spacial score (nSPS) is 15.7. The van der Waals surface area contributed by atoms with Gasteiger partial charge in [0.1, 0.15) is 29.2 Å². The Labute approximate surface area is 487 Å². The number of amidine groups is 5. The molecule has 0 aliphatic carbocycles. The fraction of sp³-hybridized carbons (Fsp3) is 0.224. The summed E-state index contributed by atoms with van der Waals surface area (Å²) in [5.74, 6) is 3.81. The molecule has 0 bridgehead atoms. The summed E-state index contributed by atoms with van der Waals surface area (Å²) in [5.41, 5.74) is 14.4. The number of Topliss-reactive ketones (excluding diaryl/α,β-unsaturated/α-hetero) is 2. The quantitative estimate of drug-likeness (QED) is 0.0443. The molecule has 0 radical (unpaired) electrons. The summed E-state index contributed by atoms with van der Waals surface area (Å²) in [6.07, 6.45) is 2.62. The SMILES string of the molecule is O=C(Cc1cc(C2=NCCN2)cc(C2=NCCN2)c1)c1ccc(C(=O)Nc2cc(C3=NCCN3)cc(C3=NCCN3)c2)cc1.O=C(Cc1cccc(C2=NCCN2)c1)c1ccc(-c2ccc(C(=O)Nc3cccc(C4=NCCC4)c3)cc2)cc1. The zero-order chi connectivity index (χ0) is 57.2. The summed E-state index contributed by atoms with van der Waals surface area (Å²) in [4.78, 5) is 79.7. The molecule has 0 fully saturated rings. The van der Waals surface area contributed by atoms with Crippen LogP contribution in [0.5, 0.6) is 0 Å². The van der Waals surface area contributed by atoms with Crippen LogP contribution in [0, 0.1) is 0 Å². The topological polar surface area (TPSA) is 227 Å². The van der Waals surface area contributed by atoms with Gasteiger partial charge < -0.3 is 37.2 Å². The van der Waals surface area contributed by atoms with E-state index in [1.54, 1.807) is 24.3 Å². The van der Waals surface area contributed by atoms with Crippen LogP contribution in [-0.2, 0) is 12.8 Å². The van der Waals surface area contributed by atoms with E-state index in [0.29, 0.717) is 34.4 Å². The van der Waals surface area contributed by atoms with Crippen molar-refractivity contribution in [2.24, 2.45) is 30.0 Å². The van der Waals surface area contributed by atoms with Gasteiger partial charge in [0.2, 0.25) is 0 Å². The molecular formula is C67H63N13O4. The number of benzene rings is 7. The van der Waals surface area contributed by atoms with Crippen molar-refractivity contribution in [2.45, 2.75) is 25.7 Å². The van der Waals surface area contributed by atoms with Gasteiger partial charge in [-0.05, 0) is 120 Å². The van der Waals surface area contributed by atoms with Gasteiger partial charge in [-0.2, -0.15) is 0 Å². The lowest BCUT2D eigenvalue weighted by Crippen LogP contribution is -2.23. The molecule has 13 rings (SSSR count). The average Bonchev–Trinajstić information content (AvgIpc) is 4.51. The molecular weight excluding hydrogens is 1050 g/mol. The highest BCUT2D eigenvalue weighted by molar-refractivity contribution is 6.11. The van der Waals surface area contributed by atoms with Gasteiger partial charge in [0.15, 0.2) is 11.6 Å². The van der Waals surface area contributed by atoms with Crippen molar-refractivity contribution in [3.8, 4) is 11.1 Å². The van der Waals surface area contributed by atoms with Gasteiger partial charge in [-0.15, -0.1) is 0 Å². The lowest BCUT2D eigenvalue weighted by atomic mass is 9.97. The molecule has 6 aliphatic heterocycles. The third-order valence-corrected chi connectivity index (χ3v) is 15.1. The first-order valence-corrected chi connectivity index (χ1v) is 28.7. The van der Waals surface area contributed by atoms with E-state index in [2.05, 4.69) is 73.2 Å². The van der Waals surface area contributed by atoms with E-state index in [9.17, 15) is 19.2 Å². The second kappa shape index (κ2) is 25.3. The maximum absolute atomic E-state index is 13.4. The van der Waals surface area contributed by atoms with Gasteiger partial charge in [0, 0.05) is 119 Å². The van der Waals surface area contributed by atoms with Crippen molar-refractivity contribution < 1.29 is 19.2 Å². The van der Waals surface area contributed by atoms with E-state index in [4.69, 9.17) is 0 Å². The van der Waals surface area contributed by atoms with Gasteiger partial charge in [0.05, 0.1) is 32.7 Å². The molecule has 17 nitrogen and oxygen atoms in total. The van der Waals surface area contributed by atoms with Crippen LogP contribution in [0.4, 0.5) is 11.4 Å². The monoisotopic (exact) mass is 1110 g/mol. The first-order chi connectivity index (χ1) is 41.2. The van der Waals surface area contributed by atoms with Crippen LogP contribution < -0.4 is 37.2 Å². The van der Waals surface area contributed by atoms with Crippen LogP contribution in [-0.4, -0.2) is 130 Å². The number of amides is 2. The van der Waals surface area contributed by atoms with Crippen molar-refractivity contribution in [2.75, 3.05) is 82.6 Å². The molecule has 0 unspecified atom stereocenters. The average molecular weight is 1110 g/mol. The first-order valence-electron chi connectivity index (χ1n) is 28.7. The zero-order valence-electron chi connectivity index (χ0n) is 46.4. The van der Waals surface area contributed by atoms with E-state index < -0.39 is 0 Å². The molecule has 7 aromatic rings. The van der Waals surface area contributed by atoms with Gasteiger partial charge >= 0.3 is 0 Å². The highest BCUT2D eigenvalue weighted by Crippen LogP contribution is 2.25. The molecule has 0 saturated carbocycles. The molecule has 6 aliphatic rings. The van der Waals surface area contributed by atoms with Crippen LogP contribution in [0.1, 0.15) is 98.8 Å². The second-order valence-electron chi connectivity index (χ2n) is 21.1. The Kier molecular flexibility index (Phi) is 16.4. The van der Waals surface area contributed by atoms with Crippen LogP contribution in [0.3, 0.4) is 0 Å². The van der Waals surface area contributed by atoms with Crippen LogP contribution >= 0.6 is 0 Å². The van der Waals surface area contributed by atoms with Crippen LogP contribution in [0.25, 0.3) is 11.1 Å². The summed E-state index contributed by atoms with van der Waals surface area (Å²) in [6, 6.07) is 49.7. The Balaban J connectivity index is 0.000000166. The number of rotatable bonds is 17. The maximum atomic E-state index is 13.4. The Bertz CT molecular complexity index is 3540. The molecule has 6 heterocycles. The first kappa shape index (κ1) is 54.4. The molecule has 0 aromatic heterocycles. The van der Waals surface area contributed by atoms with Crippen LogP contribution in [0.15, 0.2) is 188 Å². The van der Waals surface area contributed by atoms with Crippen molar-refractivity contribution in [1.82, 2.24) is 26.6 Å². The molecule has 7 aromatic carbocycles. The predicted octanol–water partition coefficient (Wildman–Crippen LogP) is 7.73. The minimum absolute atomic E-state index is 0.0327. The van der Waals surface area contributed by atoms with E-state index >= 15 is 0 Å². The number of hydrogen-bond donors (Lipinski definition) is 7. The fourth-order valence-electron chi connectivity index (χ4n) is 10.8. The summed E-state index contributed by atoms with van der Waals surface area (Å²) in [6.45, 7) is 8.61. The fourth-order valence-corrected chi connectivity index (χ4v) is 10.8. The van der Waals surface area contributed by atoms with Crippen molar-refractivity contribution >= 4 is 69.6 Å². The number of carbonyl (C=O) groups excluding carboxylic acids is 4. The van der Waals surface area contributed by atoms with Crippen molar-refractivity contribution in [1.29, 1.82) is 0 Å². The third-order valence-electron chi connectivity index (χ3n) is 15.1. The van der Waals surface area contributed by atoms with Gasteiger partial charge in [-0.1, -0.05) is 78.9 Å². The Morgan fingerprint density at radius 3 is 1.21 bits per heavy atom. The largest absolute Gasteiger partial charge is 0.368 e. The minimum atomic E-state index is -0.262. The van der Waals surface area contributed by atoms with Crippen molar-refractivity contribution in [3.05, 3.63) is 224 Å². The van der Waals surface area contributed by atoms with Crippen molar-refractivity contribution in [3.63, 3.8) is 0 Å². The second-order valence-corrected chi connectivity index (χ2v) is 21.1. The van der Waals surface area contributed by atoms with E-state index in [-0.39, 0.29) is 29.8 Å². The lowest BCUT2D eigenvalue weighted by Gasteiger charge is -2.12. The van der Waals surface area contributed by atoms with Crippen LogP contribution in [0.2, 0.25) is 0 Å². The predicted molar refractivity (Wildman–Crippen MR) is 334 cm³/mol. The molecule has 420 valence electrons. The zero-order valence-corrected chi connectivity index (χ0v) is 46.4. The molecule has 7 N–H and O–H groups in total. The summed E-state index contributed by atoms with van der Waals surface area (Å²) < 4.78 is 0. The van der Waals surface area contributed by atoms with Gasteiger partial charge in [-0.25, -0.2) is 0 Å². The number of aliphatic imine (C=N–C) groups is 6. The number of anilines is 2. The van der Waals surface area contributed by atoms with Gasteiger partial charge in [0.25, 0.3) is 11.8 Å². The number of nitrogens with one attached hydrogen (secondary N) is 7. The molecule has 0 saturated heterocycles. The van der Waals surface area contributed by atoms with E-state index in [1.807, 2.05) is 127 Å². The number of carbonyl (C=O) groups is 4. The number of nitrogens with zero attached hydrogens (tertiary/aromatic N) is 6. The Morgan fingerprint density at radius 2 is 0.738 bits per heavy atom. The number of hydrogen-bond acceptors (Lipinski definition) is 15. The highest BCUT2D eigenvalue weighted by atomic mass is 16.2. The van der Waals surface area contributed by atoms with Gasteiger partial charge in [-0.3, -0.25) is 49.1 Å². The summed E-state index contributed by atoms with van der Waals surface area (Å²) in [7, 11) is 0. The molecule has 17 heteroatoms. The van der Waals surface area contributed by atoms with E-state index in [0.717, 1.165) is 181 Å². The van der Waals surface area contributed by atoms with E-state index in [1.165, 1.54) is 0 Å². The number of ketones is 2. The minimum Gasteiger partial charge on any atom is -0.368 e. The molecule has 0 spiro atoms. The maximum Gasteiger partial charge on any atom is 0.255 e. The molecule has 2 amide bonds. The molecule has 0 atom stereocenters.